The third-order valence-corrected chi connectivity index (χ3v) is 3.01. The van der Waals surface area contributed by atoms with E-state index in [0.29, 0.717) is 0 Å². The van der Waals surface area contributed by atoms with Gasteiger partial charge < -0.3 is 30.1 Å². The summed E-state index contributed by atoms with van der Waals surface area (Å²) in [5.41, 5.74) is -1.85. The van der Waals surface area contributed by atoms with Crippen LogP contribution in [0.1, 0.15) is 0 Å². The molecule has 0 aliphatic heterocycles. The van der Waals surface area contributed by atoms with Crippen molar-refractivity contribution in [3.05, 3.63) is 22.2 Å². The summed E-state index contributed by atoms with van der Waals surface area (Å²) in [4.78, 5) is 10.5. The molecule has 0 aliphatic carbocycles. The number of methoxy groups -OCH3 is 2. The summed E-state index contributed by atoms with van der Waals surface area (Å²) < 4.78 is 10.0. The van der Waals surface area contributed by atoms with Gasteiger partial charge in [0, 0.05) is 6.07 Å². The van der Waals surface area contributed by atoms with E-state index in [9.17, 15) is 25.4 Å². The van der Waals surface area contributed by atoms with E-state index in [-0.39, 0.29) is 22.9 Å². The van der Waals surface area contributed by atoms with Gasteiger partial charge >= 0.3 is 0 Å². The van der Waals surface area contributed by atoms with E-state index in [1.165, 1.54) is 20.3 Å². The van der Waals surface area contributed by atoms with Crippen LogP contribution >= 0.6 is 0 Å². The molecular formula is C12H18N2O7. The zero-order valence-electron chi connectivity index (χ0n) is 11.7. The third kappa shape index (κ3) is 3.51. The number of nitro benzene ring substituents is 1. The van der Waals surface area contributed by atoms with Gasteiger partial charge in [-0.2, -0.15) is 0 Å². The van der Waals surface area contributed by atoms with Crippen molar-refractivity contribution in [1.82, 2.24) is 0 Å². The molecular weight excluding hydrogens is 284 g/mol. The normalized spacial score (nSPS) is 11.1. The molecule has 0 spiro atoms. The molecule has 0 amide bonds. The lowest BCUT2D eigenvalue weighted by Gasteiger charge is -2.29. The largest absolute Gasteiger partial charge is 0.493 e. The molecule has 0 aromatic heterocycles. The number of anilines is 1. The van der Waals surface area contributed by atoms with E-state index in [1.807, 2.05) is 0 Å². The number of aliphatic hydroxyl groups is 3. The van der Waals surface area contributed by atoms with E-state index in [1.54, 1.807) is 0 Å². The van der Waals surface area contributed by atoms with Gasteiger partial charge in [0.05, 0.1) is 45.0 Å². The minimum absolute atomic E-state index is 0.0187. The highest BCUT2D eigenvalue weighted by Crippen LogP contribution is 2.38. The van der Waals surface area contributed by atoms with E-state index in [4.69, 9.17) is 9.47 Å². The molecule has 0 radical (unpaired) electrons. The second-order valence-electron chi connectivity index (χ2n) is 4.36. The molecule has 118 valence electrons. The van der Waals surface area contributed by atoms with Gasteiger partial charge in [0.15, 0.2) is 11.5 Å². The maximum atomic E-state index is 11.1. The Labute approximate surface area is 120 Å². The first kappa shape index (κ1) is 17.0. The van der Waals surface area contributed by atoms with Crippen molar-refractivity contribution in [3.63, 3.8) is 0 Å². The summed E-state index contributed by atoms with van der Waals surface area (Å²) in [5, 5.41) is 41.6. The van der Waals surface area contributed by atoms with E-state index in [0.717, 1.165) is 6.07 Å². The van der Waals surface area contributed by atoms with Gasteiger partial charge in [-0.25, -0.2) is 0 Å². The van der Waals surface area contributed by atoms with Crippen LogP contribution < -0.4 is 14.8 Å². The van der Waals surface area contributed by atoms with Crippen LogP contribution in [0.15, 0.2) is 12.1 Å². The molecule has 1 aromatic carbocycles. The fourth-order valence-electron chi connectivity index (χ4n) is 1.67. The standard InChI is InChI=1S/C12H18N2O7/c1-20-10-3-8(13-12(5-15,6-16)7-17)9(14(18)19)4-11(10)21-2/h3-4,13,15-17H,5-7H2,1-2H3. The summed E-state index contributed by atoms with van der Waals surface area (Å²) in [6.07, 6.45) is 0. The molecule has 0 fully saturated rings. The maximum Gasteiger partial charge on any atom is 0.296 e. The van der Waals surface area contributed by atoms with Crippen LogP contribution in [-0.4, -0.2) is 59.8 Å². The number of benzene rings is 1. The highest BCUT2D eigenvalue weighted by Gasteiger charge is 2.31. The van der Waals surface area contributed by atoms with E-state index in [2.05, 4.69) is 5.32 Å². The second kappa shape index (κ2) is 7.07. The van der Waals surface area contributed by atoms with Gasteiger partial charge in [-0.15, -0.1) is 0 Å². The monoisotopic (exact) mass is 302 g/mol. The van der Waals surface area contributed by atoms with Crippen LogP contribution in [0.2, 0.25) is 0 Å². The zero-order chi connectivity index (χ0) is 16.0. The lowest BCUT2D eigenvalue weighted by molar-refractivity contribution is -0.384. The van der Waals surface area contributed by atoms with E-state index < -0.39 is 30.3 Å². The Bertz CT molecular complexity index is 494. The molecule has 21 heavy (non-hydrogen) atoms. The number of nitrogens with zero attached hydrogens (tertiary/aromatic N) is 1. The fourth-order valence-corrected chi connectivity index (χ4v) is 1.67. The average molecular weight is 302 g/mol. The molecule has 0 saturated carbocycles. The highest BCUT2D eigenvalue weighted by molar-refractivity contribution is 5.69. The Balaban J connectivity index is 3.36. The smallest absolute Gasteiger partial charge is 0.296 e. The van der Waals surface area contributed by atoms with Gasteiger partial charge in [0.2, 0.25) is 0 Å². The maximum absolute atomic E-state index is 11.1. The van der Waals surface area contributed by atoms with Crippen LogP contribution in [0, 0.1) is 10.1 Å². The Morgan fingerprint density at radius 1 is 1.14 bits per heavy atom. The first-order valence-corrected chi connectivity index (χ1v) is 5.98. The summed E-state index contributed by atoms with van der Waals surface area (Å²) in [6, 6.07) is 2.45. The molecule has 0 bridgehead atoms. The molecule has 0 unspecified atom stereocenters. The van der Waals surface area contributed by atoms with E-state index >= 15 is 0 Å². The van der Waals surface area contributed by atoms with Crippen molar-refractivity contribution in [3.8, 4) is 11.5 Å². The first-order valence-electron chi connectivity index (χ1n) is 5.98. The van der Waals surface area contributed by atoms with Crippen molar-refractivity contribution < 1.29 is 29.7 Å². The first-order chi connectivity index (χ1) is 9.96. The number of rotatable bonds is 8. The molecule has 1 aromatic rings. The second-order valence-corrected chi connectivity index (χ2v) is 4.36. The summed E-state index contributed by atoms with van der Waals surface area (Å²) >= 11 is 0. The molecule has 0 saturated heterocycles. The van der Waals surface area contributed by atoms with Crippen LogP contribution in [0.25, 0.3) is 0 Å². The molecule has 9 nitrogen and oxygen atoms in total. The minimum atomic E-state index is -1.50. The van der Waals surface area contributed by atoms with Gasteiger partial charge in [-0.1, -0.05) is 0 Å². The van der Waals surface area contributed by atoms with Crippen molar-refractivity contribution >= 4 is 11.4 Å². The SMILES string of the molecule is COc1cc(NC(CO)(CO)CO)c([N+](=O)[O-])cc1OC. The lowest BCUT2D eigenvalue weighted by Crippen LogP contribution is -2.49. The number of aliphatic hydroxyl groups excluding tert-OH is 3. The zero-order valence-corrected chi connectivity index (χ0v) is 11.7. The molecule has 0 heterocycles. The van der Waals surface area contributed by atoms with Gasteiger partial charge in [-0.3, -0.25) is 10.1 Å². The summed E-state index contributed by atoms with van der Waals surface area (Å²) in [6.45, 7) is -1.86. The quantitative estimate of drug-likeness (QED) is 0.381. The lowest BCUT2D eigenvalue weighted by atomic mass is 10.0. The fraction of sp³-hybridized carbons (Fsp3) is 0.500. The van der Waals surface area contributed by atoms with Crippen LogP contribution in [0.3, 0.4) is 0 Å². The van der Waals surface area contributed by atoms with Gasteiger partial charge in [0.1, 0.15) is 11.2 Å². The molecule has 0 aliphatic rings. The highest BCUT2D eigenvalue weighted by atomic mass is 16.6. The number of hydrogen-bond acceptors (Lipinski definition) is 8. The van der Waals surface area contributed by atoms with Crippen molar-refractivity contribution in [2.75, 3.05) is 39.4 Å². The number of nitro groups is 1. The molecule has 0 atom stereocenters. The predicted octanol–water partition coefficient (Wildman–Crippen LogP) is -0.260. The minimum Gasteiger partial charge on any atom is -0.493 e. The van der Waals surface area contributed by atoms with Crippen molar-refractivity contribution in [2.45, 2.75) is 5.54 Å². The van der Waals surface area contributed by atoms with Crippen LogP contribution in [0.4, 0.5) is 11.4 Å². The number of nitrogens with one attached hydrogen (secondary N) is 1. The Morgan fingerprint density at radius 2 is 1.62 bits per heavy atom. The Hall–Kier alpha value is -2.10. The summed E-state index contributed by atoms with van der Waals surface area (Å²) in [7, 11) is 2.71. The molecule has 9 heteroatoms. The predicted molar refractivity (Wildman–Crippen MR) is 73.8 cm³/mol. The average Bonchev–Trinajstić information content (AvgIpc) is 2.51. The van der Waals surface area contributed by atoms with Crippen LogP contribution in [-0.2, 0) is 0 Å². The summed E-state index contributed by atoms with van der Waals surface area (Å²) in [5.74, 6) is 0.394. The Morgan fingerprint density at radius 3 is 2.00 bits per heavy atom. The topological polar surface area (TPSA) is 134 Å². The Kier molecular flexibility index (Phi) is 5.70. The van der Waals surface area contributed by atoms with Crippen molar-refractivity contribution in [2.24, 2.45) is 0 Å². The van der Waals surface area contributed by atoms with Crippen LogP contribution in [0.5, 0.6) is 11.5 Å². The van der Waals surface area contributed by atoms with Gasteiger partial charge in [-0.05, 0) is 0 Å². The molecule has 4 N–H and O–H groups in total. The molecule has 1 rings (SSSR count). The van der Waals surface area contributed by atoms with Crippen molar-refractivity contribution in [1.29, 1.82) is 0 Å². The number of ether oxygens (including phenoxy) is 2. The van der Waals surface area contributed by atoms with Gasteiger partial charge in [0.25, 0.3) is 5.69 Å². The number of hydrogen-bond donors (Lipinski definition) is 4. The third-order valence-electron chi connectivity index (χ3n) is 3.01.